The van der Waals surface area contributed by atoms with Gasteiger partial charge in [0.25, 0.3) is 0 Å². The number of thiol groups is 1. The fraction of sp³-hybridized carbons (Fsp3) is 0.250. The van der Waals surface area contributed by atoms with Crippen LogP contribution in [0.15, 0.2) is 17.0 Å². The predicted octanol–water partition coefficient (Wildman–Crippen LogP) is 3.82. The standard InChI is InChI=1S/C8H8BF3IS/c1-5-7(13)2-6(3-8(5)14)4-9(10,11)12/h2-3,14H,4H2,1H3/q-1. The van der Waals surface area contributed by atoms with Gasteiger partial charge in [-0.1, -0.05) is 11.9 Å². The predicted molar refractivity (Wildman–Crippen MR) is 63.9 cm³/mol. The number of rotatable bonds is 2. The summed E-state index contributed by atoms with van der Waals surface area (Å²) < 4.78 is 37.2. The number of benzene rings is 1. The fourth-order valence-electron chi connectivity index (χ4n) is 1.10. The summed E-state index contributed by atoms with van der Waals surface area (Å²) in [5.41, 5.74) is 1.21. The molecule has 0 atom stereocenters. The second kappa shape index (κ2) is 4.34. The molecule has 1 aromatic carbocycles. The van der Waals surface area contributed by atoms with E-state index in [0.717, 1.165) is 9.13 Å². The first kappa shape index (κ1) is 12.2. The van der Waals surface area contributed by atoms with Gasteiger partial charge in [-0.05, 0) is 47.2 Å². The Labute approximate surface area is 99.9 Å². The zero-order valence-corrected chi connectivity index (χ0v) is 10.5. The normalized spacial score (nSPS) is 11.9. The average molecular weight is 331 g/mol. The third-order valence-corrected chi connectivity index (χ3v) is 3.43. The minimum absolute atomic E-state index is 0.289. The number of halogens is 4. The smallest absolute Gasteiger partial charge is 0.449 e. The van der Waals surface area contributed by atoms with Crippen molar-refractivity contribution in [1.82, 2.24) is 0 Å². The Kier molecular flexibility index (Phi) is 3.79. The van der Waals surface area contributed by atoms with Gasteiger partial charge in [0.15, 0.2) is 0 Å². The lowest BCUT2D eigenvalue weighted by atomic mass is 9.82. The first-order valence-electron chi connectivity index (χ1n) is 3.98. The molecule has 0 aliphatic carbocycles. The van der Waals surface area contributed by atoms with Gasteiger partial charge in [0, 0.05) is 8.47 Å². The maximum atomic E-state index is 12.1. The summed E-state index contributed by atoms with van der Waals surface area (Å²) in [6.07, 6.45) is -0.830. The van der Waals surface area contributed by atoms with Crippen LogP contribution in [0.1, 0.15) is 11.1 Å². The van der Waals surface area contributed by atoms with Gasteiger partial charge in [-0.25, -0.2) is 0 Å². The third-order valence-electron chi connectivity index (χ3n) is 1.84. The van der Waals surface area contributed by atoms with Crippen LogP contribution in [0.5, 0.6) is 0 Å². The van der Waals surface area contributed by atoms with Crippen LogP contribution in [-0.2, 0) is 6.32 Å². The molecule has 0 aromatic heterocycles. The average Bonchev–Trinajstić information content (AvgIpc) is 1.96. The van der Waals surface area contributed by atoms with Crippen molar-refractivity contribution in [3.8, 4) is 0 Å². The molecule has 0 aliphatic rings. The van der Waals surface area contributed by atoms with E-state index in [-0.39, 0.29) is 5.56 Å². The summed E-state index contributed by atoms with van der Waals surface area (Å²) in [6.45, 7) is -2.92. The SMILES string of the molecule is Cc1c(S)cc(C[B-](F)(F)F)cc1I. The Balaban J connectivity index is 3.02. The minimum Gasteiger partial charge on any atom is -0.449 e. The summed E-state index contributed by atoms with van der Waals surface area (Å²) in [6, 6.07) is 3.04. The van der Waals surface area contributed by atoms with E-state index >= 15 is 0 Å². The first-order chi connectivity index (χ1) is 6.29. The fourth-order valence-corrected chi connectivity index (χ4v) is 2.29. The van der Waals surface area contributed by atoms with E-state index in [1.165, 1.54) is 6.07 Å². The highest BCUT2D eigenvalue weighted by Crippen LogP contribution is 2.24. The molecule has 0 amide bonds. The highest BCUT2D eigenvalue weighted by atomic mass is 127. The maximum Gasteiger partial charge on any atom is 0.482 e. The van der Waals surface area contributed by atoms with E-state index in [1.54, 1.807) is 6.07 Å². The molecule has 1 aromatic rings. The van der Waals surface area contributed by atoms with Gasteiger partial charge in [0.05, 0.1) is 0 Å². The first-order valence-corrected chi connectivity index (χ1v) is 5.51. The van der Waals surface area contributed by atoms with Crippen molar-refractivity contribution in [1.29, 1.82) is 0 Å². The summed E-state index contributed by atoms with van der Waals surface area (Å²) in [5.74, 6) is 0. The van der Waals surface area contributed by atoms with E-state index in [0.29, 0.717) is 4.90 Å². The molecule has 0 unspecified atom stereocenters. The van der Waals surface area contributed by atoms with Gasteiger partial charge in [-0.3, -0.25) is 0 Å². The lowest BCUT2D eigenvalue weighted by Gasteiger charge is -2.15. The molecule has 1 rings (SSSR count). The van der Waals surface area contributed by atoms with Crippen LogP contribution in [-0.4, -0.2) is 6.98 Å². The molecule has 0 saturated heterocycles. The van der Waals surface area contributed by atoms with Crippen LogP contribution in [0.3, 0.4) is 0 Å². The highest BCUT2D eigenvalue weighted by molar-refractivity contribution is 14.1. The Morgan fingerprint density at radius 3 is 2.36 bits per heavy atom. The molecule has 0 spiro atoms. The van der Waals surface area contributed by atoms with Crippen molar-refractivity contribution in [2.45, 2.75) is 18.1 Å². The van der Waals surface area contributed by atoms with E-state index < -0.39 is 13.3 Å². The van der Waals surface area contributed by atoms with Gasteiger partial charge in [0.1, 0.15) is 0 Å². The largest absolute Gasteiger partial charge is 0.482 e. The summed E-state index contributed by atoms with van der Waals surface area (Å²) >= 11 is 6.14. The van der Waals surface area contributed by atoms with Crippen molar-refractivity contribution in [2.75, 3.05) is 0 Å². The van der Waals surface area contributed by atoms with Crippen molar-refractivity contribution in [3.05, 3.63) is 26.8 Å². The van der Waals surface area contributed by atoms with Crippen molar-refractivity contribution >= 4 is 42.2 Å². The zero-order chi connectivity index (χ0) is 10.9. The molecule has 0 bridgehead atoms. The van der Waals surface area contributed by atoms with Crippen LogP contribution in [0, 0.1) is 10.5 Å². The Morgan fingerprint density at radius 1 is 1.36 bits per heavy atom. The Hall–Kier alpha value is 0.155. The van der Waals surface area contributed by atoms with Crippen molar-refractivity contribution in [2.24, 2.45) is 0 Å². The van der Waals surface area contributed by atoms with Gasteiger partial charge in [0.2, 0.25) is 0 Å². The third kappa shape index (κ3) is 3.38. The number of hydrogen-bond donors (Lipinski definition) is 1. The van der Waals surface area contributed by atoms with Crippen LogP contribution in [0.25, 0.3) is 0 Å². The second-order valence-corrected chi connectivity index (χ2v) is 4.78. The molecule has 0 N–H and O–H groups in total. The van der Waals surface area contributed by atoms with Gasteiger partial charge in [-0.2, -0.15) is 0 Å². The van der Waals surface area contributed by atoms with Crippen molar-refractivity contribution < 1.29 is 12.9 Å². The maximum absolute atomic E-state index is 12.1. The highest BCUT2D eigenvalue weighted by Gasteiger charge is 2.23. The molecule has 0 aliphatic heterocycles. The molecule has 78 valence electrons. The van der Waals surface area contributed by atoms with Crippen LogP contribution >= 0.6 is 35.2 Å². The zero-order valence-electron chi connectivity index (χ0n) is 7.40. The molecular weight excluding hydrogens is 323 g/mol. The van der Waals surface area contributed by atoms with Crippen LogP contribution < -0.4 is 0 Å². The molecule has 0 nitrogen and oxygen atoms in total. The lowest BCUT2D eigenvalue weighted by molar-refractivity contribution is 0.468. The summed E-state index contributed by atoms with van der Waals surface area (Å²) in [7, 11) is 0. The molecule has 14 heavy (non-hydrogen) atoms. The van der Waals surface area contributed by atoms with Crippen LogP contribution in [0.2, 0.25) is 0 Å². The number of hydrogen-bond acceptors (Lipinski definition) is 1. The van der Waals surface area contributed by atoms with Crippen molar-refractivity contribution in [3.63, 3.8) is 0 Å². The Bertz CT molecular complexity index is 328. The van der Waals surface area contributed by atoms with Gasteiger partial charge in [-0.15, -0.1) is 12.6 Å². The summed E-state index contributed by atoms with van der Waals surface area (Å²) in [4.78, 5) is 0.618. The molecule has 6 heteroatoms. The van der Waals surface area contributed by atoms with Gasteiger partial charge < -0.3 is 12.9 Å². The topological polar surface area (TPSA) is 0 Å². The van der Waals surface area contributed by atoms with E-state index in [2.05, 4.69) is 12.6 Å². The van der Waals surface area contributed by atoms with Crippen LogP contribution in [0.4, 0.5) is 12.9 Å². The molecule has 0 heterocycles. The quantitative estimate of drug-likeness (QED) is 0.476. The van der Waals surface area contributed by atoms with E-state index in [4.69, 9.17) is 0 Å². The monoisotopic (exact) mass is 331 g/mol. The van der Waals surface area contributed by atoms with E-state index in [1.807, 2.05) is 29.5 Å². The summed E-state index contributed by atoms with van der Waals surface area (Å²) in [5, 5.41) is 0. The van der Waals surface area contributed by atoms with E-state index in [9.17, 15) is 12.9 Å². The molecule has 0 fully saturated rings. The molecule has 0 radical (unpaired) electrons. The minimum atomic E-state index is -4.76. The molecule has 0 saturated carbocycles. The van der Waals surface area contributed by atoms with Gasteiger partial charge >= 0.3 is 6.98 Å². The Morgan fingerprint density at radius 2 is 1.93 bits per heavy atom. The molecular formula is C8H8BF3IS-. The lowest BCUT2D eigenvalue weighted by Crippen LogP contribution is -2.19. The second-order valence-electron chi connectivity index (χ2n) is 3.14.